The van der Waals surface area contributed by atoms with E-state index in [2.05, 4.69) is 5.32 Å². The van der Waals surface area contributed by atoms with Gasteiger partial charge in [0.15, 0.2) is 0 Å². The molecule has 0 spiro atoms. The first kappa shape index (κ1) is 23.2. The Morgan fingerprint density at radius 1 is 1.13 bits per heavy atom. The Morgan fingerprint density at radius 2 is 1.74 bits per heavy atom. The van der Waals surface area contributed by atoms with Crippen molar-refractivity contribution >= 4 is 21.6 Å². The number of carbonyl (C=O) groups excluding carboxylic acids is 1. The largest absolute Gasteiger partial charge is 0.381 e. The Bertz CT molecular complexity index is 992. The Morgan fingerprint density at radius 3 is 2.32 bits per heavy atom. The van der Waals surface area contributed by atoms with Crippen LogP contribution in [0.3, 0.4) is 0 Å². The van der Waals surface area contributed by atoms with E-state index in [9.17, 15) is 17.6 Å². The molecule has 8 heteroatoms. The Kier molecular flexibility index (Phi) is 7.33. The highest BCUT2D eigenvalue weighted by atomic mass is 32.2. The van der Waals surface area contributed by atoms with Gasteiger partial charge in [-0.15, -0.1) is 0 Å². The fraction of sp³-hybridized carbons (Fsp3) is 0.435. The predicted octanol–water partition coefficient (Wildman–Crippen LogP) is 3.23. The number of anilines is 1. The lowest BCUT2D eigenvalue weighted by Gasteiger charge is -2.39. The summed E-state index contributed by atoms with van der Waals surface area (Å²) in [4.78, 5) is 13.2. The normalized spacial score (nSPS) is 17.0. The van der Waals surface area contributed by atoms with Crippen LogP contribution in [0.5, 0.6) is 0 Å². The van der Waals surface area contributed by atoms with E-state index >= 15 is 0 Å². The van der Waals surface area contributed by atoms with E-state index in [4.69, 9.17) is 4.74 Å². The van der Waals surface area contributed by atoms with E-state index in [1.165, 1.54) is 18.2 Å². The molecule has 1 aliphatic heterocycles. The average Bonchev–Trinajstić information content (AvgIpc) is 2.77. The number of nitrogens with zero attached hydrogens (tertiary/aromatic N) is 1. The van der Waals surface area contributed by atoms with Crippen LogP contribution in [0.25, 0.3) is 0 Å². The van der Waals surface area contributed by atoms with Crippen molar-refractivity contribution in [3.8, 4) is 0 Å². The van der Waals surface area contributed by atoms with E-state index in [1.807, 2.05) is 30.3 Å². The molecule has 1 fully saturated rings. The monoisotopic (exact) mass is 448 g/mol. The fourth-order valence-corrected chi connectivity index (χ4v) is 5.37. The first-order valence-electron chi connectivity index (χ1n) is 10.4. The highest BCUT2D eigenvalue weighted by Gasteiger charge is 2.37. The maximum Gasteiger partial charge on any atom is 0.243 e. The zero-order valence-corrected chi connectivity index (χ0v) is 18.7. The quantitative estimate of drug-likeness (QED) is 0.673. The number of halogens is 1. The average molecular weight is 449 g/mol. The lowest BCUT2D eigenvalue weighted by atomic mass is 9.74. The zero-order chi connectivity index (χ0) is 22.5. The topological polar surface area (TPSA) is 75.7 Å². The van der Waals surface area contributed by atoms with Gasteiger partial charge in [0.05, 0.1) is 11.9 Å². The van der Waals surface area contributed by atoms with Crippen LogP contribution in [-0.2, 0) is 25.0 Å². The molecule has 1 saturated heterocycles. The van der Waals surface area contributed by atoms with Crippen LogP contribution in [0, 0.1) is 5.82 Å². The summed E-state index contributed by atoms with van der Waals surface area (Å²) in [5.41, 5.74) is 0.693. The molecule has 0 aromatic heterocycles. The molecule has 1 N–H and O–H groups in total. The van der Waals surface area contributed by atoms with Gasteiger partial charge in [0, 0.05) is 25.2 Å². The maximum absolute atomic E-state index is 14.4. The SMILES string of the molecule is CCC(C(=O)NCC1(c2ccccc2)CCOCC1)N(c1ccccc1F)S(C)(=O)=O. The van der Waals surface area contributed by atoms with Crippen LogP contribution < -0.4 is 9.62 Å². The number of hydrogen-bond donors (Lipinski definition) is 1. The number of benzene rings is 2. The van der Waals surface area contributed by atoms with Crippen LogP contribution >= 0.6 is 0 Å². The summed E-state index contributed by atoms with van der Waals surface area (Å²) in [5.74, 6) is -1.14. The molecule has 6 nitrogen and oxygen atoms in total. The molecule has 31 heavy (non-hydrogen) atoms. The van der Waals surface area contributed by atoms with Gasteiger partial charge >= 0.3 is 0 Å². The van der Waals surface area contributed by atoms with E-state index in [0.29, 0.717) is 19.8 Å². The van der Waals surface area contributed by atoms with E-state index in [0.717, 1.165) is 29.0 Å². The van der Waals surface area contributed by atoms with E-state index < -0.39 is 27.8 Å². The van der Waals surface area contributed by atoms with Gasteiger partial charge in [0.2, 0.25) is 15.9 Å². The highest BCUT2D eigenvalue weighted by Crippen LogP contribution is 2.34. The van der Waals surface area contributed by atoms with Crippen molar-refractivity contribution in [3.63, 3.8) is 0 Å². The number of amides is 1. The fourth-order valence-electron chi connectivity index (χ4n) is 4.16. The van der Waals surface area contributed by atoms with Crippen molar-refractivity contribution in [2.75, 3.05) is 30.3 Å². The Hall–Kier alpha value is -2.45. The number of hydrogen-bond acceptors (Lipinski definition) is 4. The lowest BCUT2D eigenvalue weighted by molar-refractivity contribution is -0.122. The molecule has 0 bridgehead atoms. The molecule has 0 aliphatic carbocycles. The number of sulfonamides is 1. The molecule has 1 unspecified atom stereocenters. The first-order valence-corrected chi connectivity index (χ1v) is 12.3. The molecule has 0 saturated carbocycles. The molecule has 1 heterocycles. The number of para-hydroxylation sites is 1. The smallest absolute Gasteiger partial charge is 0.243 e. The first-order chi connectivity index (χ1) is 14.8. The summed E-state index contributed by atoms with van der Waals surface area (Å²) >= 11 is 0. The van der Waals surface area contributed by atoms with E-state index in [-0.39, 0.29) is 17.5 Å². The van der Waals surface area contributed by atoms with E-state index in [1.54, 1.807) is 13.0 Å². The minimum atomic E-state index is -3.89. The second-order valence-electron chi connectivity index (χ2n) is 7.91. The van der Waals surface area contributed by atoms with Crippen molar-refractivity contribution < 1.29 is 22.3 Å². The van der Waals surface area contributed by atoms with Gasteiger partial charge in [0.25, 0.3) is 0 Å². The van der Waals surface area contributed by atoms with Gasteiger partial charge in [0.1, 0.15) is 11.9 Å². The van der Waals surface area contributed by atoms with Gasteiger partial charge in [-0.25, -0.2) is 12.8 Å². The van der Waals surface area contributed by atoms with Crippen molar-refractivity contribution in [1.29, 1.82) is 0 Å². The van der Waals surface area contributed by atoms with Gasteiger partial charge < -0.3 is 10.1 Å². The van der Waals surface area contributed by atoms with Gasteiger partial charge in [-0.2, -0.15) is 0 Å². The molecule has 3 rings (SSSR count). The minimum Gasteiger partial charge on any atom is -0.381 e. The van der Waals surface area contributed by atoms with Crippen LogP contribution in [0.15, 0.2) is 54.6 Å². The molecule has 168 valence electrons. The van der Waals surface area contributed by atoms with Gasteiger partial charge in [-0.3, -0.25) is 9.10 Å². The van der Waals surface area contributed by atoms with Gasteiger partial charge in [-0.05, 0) is 37.0 Å². The third kappa shape index (κ3) is 5.25. The molecule has 1 aliphatic rings. The summed E-state index contributed by atoms with van der Waals surface area (Å²) in [6.07, 6.45) is 2.68. The van der Waals surface area contributed by atoms with Crippen LogP contribution in [-0.4, -0.2) is 46.4 Å². The predicted molar refractivity (Wildman–Crippen MR) is 119 cm³/mol. The number of rotatable bonds is 8. The molecule has 2 aromatic rings. The second-order valence-corrected chi connectivity index (χ2v) is 9.77. The highest BCUT2D eigenvalue weighted by molar-refractivity contribution is 7.92. The molecule has 1 amide bonds. The van der Waals surface area contributed by atoms with Gasteiger partial charge in [-0.1, -0.05) is 49.4 Å². The number of ether oxygens (including phenoxy) is 1. The summed E-state index contributed by atoms with van der Waals surface area (Å²) in [6.45, 7) is 3.24. The van der Waals surface area contributed by atoms with Crippen molar-refractivity contribution in [2.24, 2.45) is 0 Å². The third-order valence-corrected chi connectivity index (χ3v) is 7.02. The molecule has 2 aromatic carbocycles. The zero-order valence-electron chi connectivity index (χ0n) is 17.9. The summed E-state index contributed by atoms with van der Waals surface area (Å²) in [7, 11) is -3.89. The Balaban J connectivity index is 1.86. The van der Waals surface area contributed by atoms with Crippen molar-refractivity contribution in [1.82, 2.24) is 5.32 Å². The molecular formula is C23H29FN2O4S. The molecular weight excluding hydrogens is 419 g/mol. The second kappa shape index (κ2) is 9.78. The van der Waals surface area contributed by atoms with Crippen LogP contribution in [0.1, 0.15) is 31.7 Å². The summed E-state index contributed by atoms with van der Waals surface area (Å²) in [5, 5.41) is 2.96. The molecule has 1 atom stereocenters. The maximum atomic E-state index is 14.4. The standard InChI is InChI=1S/C23H29FN2O4S/c1-3-20(26(31(2,28)29)21-12-8-7-11-19(21)24)22(27)25-17-23(13-15-30-16-14-23)18-9-5-4-6-10-18/h4-12,20H,3,13-17H2,1-2H3,(H,25,27). The lowest BCUT2D eigenvalue weighted by Crippen LogP contribution is -2.53. The summed E-state index contributed by atoms with van der Waals surface area (Å²) < 4.78 is 45.9. The van der Waals surface area contributed by atoms with Crippen molar-refractivity contribution in [2.45, 2.75) is 37.6 Å². The van der Waals surface area contributed by atoms with Crippen LogP contribution in [0.2, 0.25) is 0 Å². The minimum absolute atomic E-state index is 0.129. The summed E-state index contributed by atoms with van der Waals surface area (Å²) in [6, 6.07) is 14.5. The third-order valence-electron chi connectivity index (χ3n) is 5.86. The number of carbonyl (C=O) groups is 1. The molecule has 0 radical (unpaired) electrons. The Labute approximate surface area is 183 Å². The van der Waals surface area contributed by atoms with Crippen LogP contribution in [0.4, 0.5) is 10.1 Å². The van der Waals surface area contributed by atoms with Crippen molar-refractivity contribution in [3.05, 3.63) is 66.0 Å². The number of nitrogens with one attached hydrogen (secondary N) is 1.